The van der Waals surface area contributed by atoms with Crippen molar-refractivity contribution in [2.45, 2.75) is 42.5 Å². The highest BCUT2D eigenvalue weighted by Crippen LogP contribution is 2.26. The number of halogens is 1. The number of hydrogen-bond donors (Lipinski definition) is 1. The Morgan fingerprint density at radius 2 is 1.38 bits per heavy atom. The monoisotopic (exact) mass is 440 g/mol. The molecule has 6 nitrogen and oxygen atoms in total. The smallest absolute Gasteiger partial charge is 0.207 e. The summed E-state index contributed by atoms with van der Waals surface area (Å²) in [6.07, 6.45) is 1.66. The second-order valence-corrected chi connectivity index (χ2v) is 11.1. The van der Waals surface area contributed by atoms with Gasteiger partial charge in [-0.1, -0.05) is 26.0 Å². The van der Waals surface area contributed by atoms with Crippen molar-refractivity contribution < 1.29 is 21.2 Å². The number of hydrogen-bond acceptors (Lipinski definition) is 4. The van der Waals surface area contributed by atoms with Gasteiger partial charge < -0.3 is 0 Å². The third kappa shape index (κ3) is 4.85. The molecule has 3 rings (SSSR count). The molecule has 2 aromatic carbocycles. The van der Waals surface area contributed by atoms with Crippen LogP contribution in [0, 0.1) is 11.7 Å². The largest absolute Gasteiger partial charge is 0.243 e. The Morgan fingerprint density at radius 1 is 0.862 bits per heavy atom. The van der Waals surface area contributed by atoms with Gasteiger partial charge in [0, 0.05) is 19.1 Å². The van der Waals surface area contributed by atoms with Crippen molar-refractivity contribution >= 4 is 20.0 Å². The third-order valence-electron chi connectivity index (χ3n) is 5.01. The molecule has 0 aromatic heterocycles. The Bertz CT molecular complexity index is 1040. The molecule has 1 unspecified atom stereocenters. The van der Waals surface area contributed by atoms with Crippen molar-refractivity contribution in [3.05, 3.63) is 59.9 Å². The Balaban J connectivity index is 1.84. The summed E-state index contributed by atoms with van der Waals surface area (Å²) in [4.78, 5) is 0.0583. The highest BCUT2D eigenvalue weighted by atomic mass is 32.2. The summed E-state index contributed by atoms with van der Waals surface area (Å²) in [6.45, 7) is 4.69. The van der Waals surface area contributed by atoms with E-state index < -0.39 is 31.9 Å². The van der Waals surface area contributed by atoms with E-state index in [0.717, 1.165) is 12.8 Å². The Labute approximate surface area is 171 Å². The van der Waals surface area contributed by atoms with Gasteiger partial charge in [-0.05, 0) is 60.7 Å². The van der Waals surface area contributed by atoms with E-state index in [1.54, 1.807) is 12.1 Å². The van der Waals surface area contributed by atoms with Crippen molar-refractivity contribution in [1.82, 2.24) is 9.03 Å². The van der Waals surface area contributed by atoms with Crippen LogP contribution in [0.4, 0.5) is 4.39 Å². The van der Waals surface area contributed by atoms with Crippen LogP contribution in [-0.2, 0) is 20.0 Å². The first-order chi connectivity index (χ1) is 13.6. The fourth-order valence-electron chi connectivity index (χ4n) is 3.36. The molecule has 1 aliphatic heterocycles. The van der Waals surface area contributed by atoms with Crippen molar-refractivity contribution in [2.24, 2.45) is 5.92 Å². The molecule has 0 amide bonds. The van der Waals surface area contributed by atoms with Gasteiger partial charge in [0.15, 0.2) is 0 Å². The van der Waals surface area contributed by atoms with Crippen LogP contribution in [0.25, 0.3) is 0 Å². The molecule has 9 heteroatoms. The van der Waals surface area contributed by atoms with E-state index in [1.807, 2.05) is 13.8 Å². The summed E-state index contributed by atoms with van der Waals surface area (Å²) in [7, 11) is -7.50. The first kappa shape index (κ1) is 21.9. The fraction of sp³-hybridized carbons (Fsp3) is 0.400. The van der Waals surface area contributed by atoms with Crippen LogP contribution < -0.4 is 4.72 Å². The molecular formula is C20H25FN2O4S2. The van der Waals surface area contributed by atoms with Gasteiger partial charge in [0.2, 0.25) is 20.0 Å². The molecule has 1 saturated heterocycles. The van der Waals surface area contributed by atoms with E-state index in [9.17, 15) is 21.2 Å². The predicted octanol–water partition coefficient (Wildman–Crippen LogP) is 3.29. The van der Waals surface area contributed by atoms with Crippen LogP contribution in [0.2, 0.25) is 0 Å². The molecule has 1 aliphatic rings. The zero-order valence-electron chi connectivity index (χ0n) is 16.4. The minimum Gasteiger partial charge on any atom is -0.207 e. The average Bonchev–Trinajstić information content (AvgIpc) is 3.23. The van der Waals surface area contributed by atoms with Crippen LogP contribution in [0.5, 0.6) is 0 Å². The maximum absolute atomic E-state index is 13.2. The topological polar surface area (TPSA) is 83.5 Å². The Hall–Kier alpha value is -1.81. The van der Waals surface area contributed by atoms with Crippen LogP contribution in [-0.4, -0.2) is 34.2 Å². The minimum atomic E-state index is -3.90. The lowest BCUT2D eigenvalue weighted by Gasteiger charge is -2.23. The maximum atomic E-state index is 13.2. The molecule has 1 fully saturated rings. The molecule has 1 heterocycles. The quantitative estimate of drug-likeness (QED) is 0.716. The molecule has 0 spiro atoms. The number of nitrogens with zero attached hydrogens (tertiary/aromatic N) is 1. The molecule has 2 aromatic rings. The summed E-state index contributed by atoms with van der Waals surface area (Å²) >= 11 is 0. The molecule has 158 valence electrons. The van der Waals surface area contributed by atoms with Gasteiger partial charge in [0.05, 0.1) is 9.79 Å². The van der Waals surface area contributed by atoms with E-state index in [2.05, 4.69) is 4.72 Å². The second-order valence-electron chi connectivity index (χ2n) is 7.48. The van der Waals surface area contributed by atoms with E-state index in [0.29, 0.717) is 18.7 Å². The van der Waals surface area contributed by atoms with Gasteiger partial charge in [-0.2, -0.15) is 4.31 Å². The van der Waals surface area contributed by atoms with Crippen LogP contribution in [0.3, 0.4) is 0 Å². The van der Waals surface area contributed by atoms with Crippen LogP contribution >= 0.6 is 0 Å². The normalized spacial score (nSPS) is 17.0. The molecule has 0 bridgehead atoms. The van der Waals surface area contributed by atoms with Crippen LogP contribution in [0.1, 0.15) is 38.3 Å². The highest BCUT2D eigenvalue weighted by molar-refractivity contribution is 7.89. The van der Waals surface area contributed by atoms with Crippen LogP contribution in [0.15, 0.2) is 58.3 Å². The second kappa shape index (κ2) is 8.51. The Morgan fingerprint density at radius 3 is 1.90 bits per heavy atom. The number of nitrogens with one attached hydrogen (secondary N) is 1. The first-order valence-corrected chi connectivity index (χ1v) is 12.4. The zero-order chi connectivity index (χ0) is 21.2. The Kier molecular flexibility index (Phi) is 6.42. The SMILES string of the molecule is CC(C)C(NS(=O)(=O)c1ccc(S(=O)(=O)N2CCCC2)cc1)c1ccc(F)cc1. The van der Waals surface area contributed by atoms with Gasteiger partial charge in [-0.25, -0.2) is 25.9 Å². The number of rotatable bonds is 7. The van der Waals surface area contributed by atoms with Crippen molar-refractivity contribution in [3.8, 4) is 0 Å². The van der Waals surface area contributed by atoms with Gasteiger partial charge in [-0.3, -0.25) is 0 Å². The molecule has 0 radical (unpaired) electrons. The molecular weight excluding hydrogens is 415 g/mol. The molecule has 29 heavy (non-hydrogen) atoms. The summed E-state index contributed by atoms with van der Waals surface area (Å²) in [5.74, 6) is -0.473. The van der Waals surface area contributed by atoms with E-state index in [4.69, 9.17) is 0 Å². The molecule has 0 aliphatic carbocycles. The summed E-state index contributed by atoms with van der Waals surface area (Å²) < 4.78 is 68.2. The summed E-state index contributed by atoms with van der Waals surface area (Å²) in [5.41, 5.74) is 0.651. The van der Waals surface area contributed by atoms with Gasteiger partial charge in [0.25, 0.3) is 0 Å². The lowest BCUT2D eigenvalue weighted by molar-refractivity contribution is 0.462. The average molecular weight is 441 g/mol. The molecule has 1 N–H and O–H groups in total. The van der Waals surface area contributed by atoms with Gasteiger partial charge >= 0.3 is 0 Å². The minimum absolute atomic E-state index is 0.0226. The van der Waals surface area contributed by atoms with E-state index in [-0.39, 0.29) is 15.7 Å². The zero-order valence-corrected chi connectivity index (χ0v) is 18.0. The lowest BCUT2D eigenvalue weighted by Crippen LogP contribution is -2.32. The van der Waals surface area contributed by atoms with E-state index >= 15 is 0 Å². The van der Waals surface area contributed by atoms with Gasteiger partial charge in [0.1, 0.15) is 5.82 Å². The standard InChI is InChI=1S/C20H25FN2O4S2/c1-15(2)20(16-5-7-17(21)8-6-16)22-28(24,25)18-9-11-19(12-10-18)29(26,27)23-13-3-4-14-23/h5-12,15,20,22H,3-4,13-14H2,1-2H3. The number of sulfonamides is 2. The van der Waals surface area contributed by atoms with Crippen molar-refractivity contribution in [3.63, 3.8) is 0 Å². The molecule has 0 saturated carbocycles. The van der Waals surface area contributed by atoms with Crippen molar-refractivity contribution in [1.29, 1.82) is 0 Å². The third-order valence-corrected chi connectivity index (χ3v) is 8.38. The van der Waals surface area contributed by atoms with Gasteiger partial charge in [-0.15, -0.1) is 0 Å². The lowest BCUT2D eigenvalue weighted by atomic mass is 9.97. The fourth-order valence-corrected chi connectivity index (χ4v) is 6.25. The number of benzene rings is 2. The van der Waals surface area contributed by atoms with Crippen molar-refractivity contribution in [2.75, 3.05) is 13.1 Å². The summed E-state index contributed by atoms with van der Waals surface area (Å²) in [5, 5.41) is 0. The first-order valence-electron chi connectivity index (χ1n) is 9.49. The maximum Gasteiger partial charge on any atom is 0.243 e. The predicted molar refractivity (Wildman–Crippen MR) is 109 cm³/mol. The van der Waals surface area contributed by atoms with E-state index in [1.165, 1.54) is 40.7 Å². The summed E-state index contributed by atoms with van der Waals surface area (Å²) in [6, 6.07) is 10.4. The highest BCUT2D eigenvalue weighted by Gasteiger charge is 2.28. The molecule has 1 atom stereocenters.